The first-order valence-corrected chi connectivity index (χ1v) is 5.09. The second-order valence-corrected chi connectivity index (χ2v) is 3.47. The first-order valence-electron chi connectivity index (χ1n) is 5.09. The highest BCUT2D eigenvalue weighted by Gasteiger charge is 2.25. The zero-order chi connectivity index (χ0) is 13.0. The van der Waals surface area contributed by atoms with Gasteiger partial charge in [-0.05, 0) is 24.6 Å². The van der Waals surface area contributed by atoms with E-state index in [9.17, 15) is 15.0 Å². The van der Waals surface area contributed by atoms with E-state index in [1.54, 1.807) is 6.92 Å². The average molecular weight is 241 g/mol. The number of esters is 1. The number of benzene rings is 1. The summed E-state index contributed by atoms with van der Waals surface area (Å²) in [5, 5.41) is 28.1. The van der Waals surface area contributed by atoms with E-state index in [0.29, 0.717) is 0 Å². The summed E-state index contributed by atoms with van der Waals surface area (Å²) in [5.74, 6) is -1.43. The van der Waals surface area contributed by atoms with Crippen LogP contribution in [0.2, 0.25) is 0 Å². The average Bonchev–Trinajstić information content (AvgIpc) is 2.31. The largest absolute Gasteiger partial charge is 0.504 e. The normalized spacial score (nSPS) is 14.1. The fourth-order valence-electron chi connectivity index (χ4n) is 1.30. The van der Waals surface area contributed by atoms with E-state index in [4.69, 9.17) is 10.8 Å². The quantitative estimate of drug-likeness (QED) is 0.436. The van der Waals surface area contributed by atoms with Gasteiger partial charge in [-0.25, -0.2) is 0 Å². The molecule has 2 atom stereocenters. The van der Waals surface area contributed by atoms with Crippen LogP contribution in [0.1, 0.15) is 18.6 Å². The molecule has 0 heterocycles. The van der Waals surface area contributed by atoms with Gasteiger partial charge < -0.3 is 25.8 Å². The van der Waals surface area contributed by atoms with Gasteiger partial charge in [0.25, 0.3) is 0 Å². The van der Waals surface area contributed by atoms with Gasteiger partial charge in [0, 0.05) is 0 Å². The smallest absolute Gasteiger partial charge is 0.325 e. The Morgan fingerprint density at radius 2 is 2.06 bits per heavy atom. The maximum absolute atomic E-state index is 11.3. The molecular formula is C11H15NO5. The van der Waals surface area contributed by atoms with Gasteiger partial charge in [-0.2, -0.15) is 0 Å². The number of nitrogens with two attached hydrogens (primary N) is 1. The molecule has 0 spiro atoms. The molecule has 17 heavy (non-hydrogen) atoms. The summed E-state index contributed by atoms with van der Waals surface area (Å²) in [5.41, 5.74) is 5.72. The highest BCUT2D eigenvalue weighted by molar-refractivity contribution is 5.76. The predicted octanol–water partition coefficient (Wildman–Crippen LogP) is 0.0216. The molecule has 0 radical (unpaired) electrons. The molecule has 2 unspecified atom stereocenters. The van der Waals surface area contributed by atoms with E-state index in [1.807, 2.05) is 0 Å². The lowest BCUT2D eigenvalue weighted by Crippen LogP contribution is -2.38. The summed E-state index contributed by atoms with van der Waals surface area (Å²) in [7, 11) is 0. The lowest BCUT2D eigenvalue weighted by atomic mass is 10.0. The fourth-order valence-corrected chi connectivity index (χ4v) is 1.30. The van der Waals surface area contributed by atoms with Gasteiger partial charge in [-0.3, -0.25) is 4.79 Å². The van der Waals surface area contributed by atoms with Crippen LogP contribution in [-0.2, 0) is 9.53 Å². The van der Waals surface area contributed by atoms with E-state index < -0.39 is 23.9 Å². The van der Waals surface area contributed by atoms with Crippen molar-refractivity contribution in [2.45, 2.75) is 19.1 Å². The zero-order valence-corrected chi connectivity index (χ0v) is 9.33. The summed E-state index contributed by atoms with van der Waals surface area (Å²) in [6, 6.07) is 2.46. The fraction of sp³-hybridized carbons (Fsp3) is 0.364. The minimum atomic E-state index is -1.31. The minimum Gasteiger partial charge on any atom is -0.504 e. The number of aliphatic hydroxyl groups excluding tert-OH is 1. The number of carbonyl (C=O) groups is 1. The standard InChI is InChI=1S/C11H15NO5/c1-2-17-11(16)9(12)10(15)6-3-4-7(13)8(14)5-6/h3-5,9-10,13-15H,2,12H2,1H3. The number of carbonyl (C=O) groups excluding carboxylic acids is 1. The Morgan fingerprint density at radius 3 is 2.59 bits per heavy atom. The number of phenols is 2. The van der Waals surface area contributed by atoms with Crippen molar-refractivity contribution in [1.29, 1.82) is 0 Å². The molecule has 0 fully saturated rings. The molecule has 0 saturated carbocycles. The number of rotatable bonds is 4. The number of hydrogen-bond acceptors (Lipinski definition) is 6. The van der Waals surface area contributed by atoms with Crippen molar-refractivity contribution in [3.05, 3.63) is 23.8 Å². The van der Waals surface area contributed by atoms with Gasteiger partial charge in [-0.15, -0.1) is 0 Å². The minimum absolute atomic E-state index is 0.167. The van der Waals surface area contributed by atoms with Crippen LogP contribution in [0.15, 0.2) is 18.2 Å². The molecule has 0 amide bonds. The van der Waals surface area contributed by atoms with Crippen molar-refractivity contribution in [1.82, 2.24) is 0 Å². The molecule has 0 aliphatic heterocycles. The van der Waals surface area contributed by atoms with Crippen LogP contribution in [0, 0.1) is 0 Å². The van der Waals surface area contributed by atoms with E-state index in [0.717, 1.165) is 6.07 Å². The van der Waals surface area contributed by atoms with Gasteiger partial charge in [0.15, 0.2) is 11.5 Å². The van der Waals surface area contributed by atoms with Crippen molar-refractivity contribution in [3.8, 4) is 11.5 Å². The number of aromatic hydroxyl groups is 2. The molecule has 0 bridgehead atoms. The predicted molar refractivity (Wildman–Crippen MR) is 59.3 cm³/mol. The number of hydrogen-bond donors (Lipinski definition) is 4. The topological polar surface area (TPSA) is 113 Å². The molecule has 0 aliphatic rings. The van der Waals surface area contributed by atoms with E-state index >= 15 is 0 Å². The van der Waals surface area contributed by atoms with Crippen LogP contribution in [0.25, 0.3) is 0 Å². The van der Waals surface area contributed by atoms with Crippen LogP contribution in [0.3, 0.4) is 0 Å². The van der Waals surface area contributed by atoms with Gasteiger partial charge in [0.1, 0.15) is 12.1 Å². The Kier molecular flexibility index (Phi) is 4.30. The van der Waals surface area contributed by atoms with E-state index in [1.165, 1.54) is 12.1 Å². The molecule has 94 valence electrons. The molecular weight excluding hydrogens is 226 g/mol. The number of ether oxygens (including phenoxy) is 1. The molecule has 1 rings (SSSR count). The number of aliphatic hydroxyl groups is 1. The summed E-state index contributed by atoms with van der Waals surface area (Å²) in [6.45, 7) is 1.80. The molecule has 5 N–H and O–H groups in total. The molecule has 0 saturated heterocycles. The Labute approximate surface area is 98.3 Å². The molecule has 6 heteroatoms. The summed E-state index contributed by atoms with van der Waals surface area (Å²) in [6.07, 6.45) is -1.31. The number of phenolic OH excluding ortho intramolecular Hbond substituents is 2. The maximum atomic E-state index is 11.3. The van der Waals surface area contributed by atoms with Crippen molar-refractivity contribution in [2.24, 2.45) is 5.73 Å². The molecule has 1 aromatic carbocycles. The molecule has 0 aliphatic carbocycles. The van der Waals surface area contributed by atoms with E-state index in [2.05, 4.69) is 4.74 Å². The van der Waals surface area contributed by atoms with Gasteiger partial charge in [0.05, 0.1) is 6.61 Å². The second kappa shape index (κ2) is 5.51. The lowest BCUT2D eigenvalue weighted by molar-refractivity contribution is -0.147. The van der Waals surface area contributed by atoms with Gasteiger partial charge in [-0.1, -0.05) is 6.07 Å². The highest BCUT2D eigenvalue weighted by Crippen LogP contribution is 2.28. The monoisotopic (exact) mass is 241 g/mol. The van der Waals surface area contributed by atoms with Crippen LogP contribution < -0.4 is 5.73 Å². The first-order chi connectivity index (χ1) is 7.97. The summed E-state index contributed by atoms with van der Waals surface area (Å²) in [4.78, 5) is 11.3. The van der Waals surface area contributed by atoms with Crippen molar-refractivity contribution in [3.63, 3.8) is 0 Å². The molecule has 0 aromatic heterocycles. The summed E-state index contributed by atoms with van der Waals surface area (Å²) < 4.78 is 4.66. The summed E-state index contributed by atoms with van der Waals surface area (Å²) >= 11 is 0. The van der Waals surface area contributed by atoms with E-state index in [-0.39, 0.29) is 17.9 Å². The third-order valence-electron chi connectivity index (χ3n) is 2.24. The van der Waals surface area contributed by atoms with Gasteiger partial charge in [0.2, 0.25) is 0 Å². The maximum Gasteiger partial charge on any atom is 0.325 e. The third kappa shape index (κ3) is 3.08. The van der Waals surface area contributed by atoms with Crippen LogP contribution in [-0.4, -0.2) is 33.9 Å². The Morgan fingerprint density at radius 1 is 1.41 bits per heavy atom. The molecule has 1 aromatic rings. The highest BCUT2D eigenvalue weighted by atomic mass is 16.5. The SMILES string of the molecule is CCOC(=O)C(N)C(O)c1ccc(O)c(O)c1. The van der Waals surface area contributed by atoms with Crippen LogP contribution >= 0.6 is 0 Å². The van der Waals surface area contributed by atoms with Crippen molar-refractivity contribution in [2.75, 3.05) is 6.61 Å². The Bertz CT molecular complexity index is 407. The van der Waals surface area contributed by atoms with Crippen LogP contribution in [0.5, 0.6) is 11.5 Å². The Hall–Kier alpha value is -1.79. The second-order valence-electron chi connectivity index (χ2n) is 3.47. The van der Waals surface area contributed by atoms with Gasteiger partial charge >= 0.3 is 5.97 Å². The zero-order valence-electron chi connectivity index (χ0n) is 9.33. The van der Waals surface area contributed by atoms with Crippen LogP contribution in [0.4, 0.5) is 0 Å². The third-order valence-corrected chi connectivity index (χ3v) is 2.24. The van der Waals surface area contributed by atoms with Crippen molar-refractivity contribution < 1.29 is 24.9 Å². The van der Waals surface area contributed by atoms with Crippen molar-refractivity contribution >= 4 is 5.97 Å². The lowest BCUT2D eigenvalue weighted by Gasteiger charge is -2.17. The molecule has 6 nitrogen and oxygen atoms in total. The first kappa shape index (κ1) is 13.3. The Balaban J connectivity index is 2.84.